The number of aryl methyl sites for hydroxylation is 1. The maximum Gasteiger partial charge on any atom is 0.323 e. The Kier molecular flexibility index (Phi) is 4.06. The molecule has 0 saturated heterocycles. The Labute approximate surface area is 120 Å². The van der Waals surface area contributed by atoms with Crippen LogP contribution in [0, 0.1) is 6.92 Å². The van der Waals surface area contributed by atoms with Gasteiger partial charge < -0.3 is 16.4 Å². The largest absolute Gasteiger partial charge is 0.399 e. The molecular formula is C14H14BrN3O. The number of nitrogen functional groups attached to an aromatic ring is 1. The van der Waals surface area contributed by atoms with Crippen LogP contribution in [-0.2, 0) is 0 Å². The summed E-state index contributed by atoms with van der Waals surface area (Å²) in [6.45, 7) is 1.96. The Hall–Kier alpha value is -2.01. The van der Waals surface area contributed by atoms with Gasteiger partial charge in [0, 0.05) is 21.5 Å². The third kappa shape index (κ3) is 3.99. The van der Waals surface area contributed by atoms with Gasteiger partial charge in [-0.2, -0.15) is 0 Å². The zero-order valence-electron chi connectivity index (χ0n) is 10.4. The first-order valence-corrected chi connectivity index (χ1v) is 6.53. The summed E-state index contributed by atoms with van der Waals surface area (Å²) in [6.07, 6.45) is 0. The van der Waals surface area contributed by atoms with Crippen LogP contribution < -0.4 is 16.4 Å². The van der Waals surface area contributed by atoms with Crippen molar-refractivity contribution < 1.29 is 4.79 Å². The number of nitrogens with two attached hydrogens (primary N) is 1. The van der Waals surface area contributed by atoms with Gasteiger partial charge in [-0.15, -0.1) is 0 Å². The van der Waals surface area contributed by atoms with E-state index in [1.54, 1.807) is 24.3 Å². The first-order valence-electron chi connectivity index (χ1n) is 5.74. The maximum absolute atomic E-state index is 11.8. The highest BCUT2D eigenvalue weighted by Gasteiger charge is 2.04. The molecule has 0 aromatic heterocycles. The molecule has 98 valence electrons. The van der Waals surface area contributed by atoms with E-state index in [2.05, 4.69) is 26.6 Å². The second-order valence-corrected chi connectivity index (χ2v) is 5.14. The number of hydrogen-bond acceptors (Lipinski definition) is 2. The summed E-state index contributed by atoms with van der Waals surface area (Å²) < 4.78 is 0.923. The summed E-state index contributed by atoms with van der Waals surface area (Å²) in [6, 6.07) is 12.4. The highest BCUT2D eigenvalue weighted by atomic mass is 79.9. The fraction of sp³-hybridized carbons (Fsp3) is 0.0714. The Balaban J connectivity index is 2.05. The fourth-order valence-corrected chi connectivity index (χ4v) is 2.33. The molecule has 0 aliphatic rings. The van der Waals surface area contributed by atoms with Crippen LogP contribution in [0.3, 0.4) is 0 Å². The molecule has 2 aromatic carbocycles. The van der Waals surface area contributed by atoms with E-state index >= 15 is 0 Å². The van der Waals surface area contributed by atoms with E-state index in [9.17, 15) is 4.79 Å². The van der Waals surface area contributed by atoms with Crippen molar-refractivity contribution in [3.05, 3.63) is 52.5 Å². The number of urea groups is 1. The Morgan fingerprint density at radius 2 is 1.84 bits per heavy atom. The first-order chi connectivity index (χ1) is 9.02. The smallest absolute Gasteiger partial charge is 0.323 e. The van der Waals surface area contributed by atoms with Crippen molar-refractivity contribution in [3.63, 3.8) is 0 Å². The molecular weight excluding hydrogens is 306 g/mol. The monoisotopic (exact) mass is 319 g/mol. The van der Waals surface area contributed by atoms with E-state index in [4.69, 9.17) is 5.73 Å². The van der Waals surface area contributed by atoms with Gasteiger partial charge in [-0.05, 0) is 48.9 Å². The lowest BCUT2D eigenvalue weighted by molar-refractivity contribution is 0.262. The average Bonchev–Trinajstić information content (AvgIpc) is 2.26. The minimum atomic E-state index is -0.303. The molecule has 0 aliphatic heterocycles. The van der Waals surface area contributed by atoms with Gasteiger partial charge in [-0.3, -0.25) is 0 Å². The topological polar surface area (TPSA) is 67.2 Å². The molecule has 4 N–H and O–H groups in total. The minimum Gasteiger partial charge on any atom is -0.399 e. The van der Waals surface area contributed by atoms with Crippen molar-refractivity contribution in [1.82, 2.24) is 0 Å². The Morgan fingerprint density at radius 1 is 1.11 bits per heavy atom. The highest BCUT2D eigenvalue weighted by molar-refractivity contribution is 9.10. The number of amides is 2. The number of anilines is 3. The Morgan fingerprint density at radius 3 is 2.53 bits per heavy atom. The normalized spacial score (nSPS) is 10.0. The zero-order valence-corrected chi connectivity index (χ0v) is 12.0. The lowest BCUT2D eigenvalue weighted by Gasteiger charge is -2.09. The molecule has 5 heteroatoms. The molecule has 0 spiro atoms. The van der Waals surface area contributed by atoms with E-state index in [0.717, 1.165) is 15.7 Å². The van der Waals surface area contributed by atoms with E-state index < -0.39 is 0 Å². The van der Waals surface area contributed by atoms with E-state index in [0.29, 0.717) is 11.4 Å². The molecule has 0 radical (unpaired) electrons. The zero-order chi connectivity index (χ0) is 13.8. The van der Waals surface area contributed by atoms with Crippen LogP contribution in [0.4, 0.5) is 21.9 Å². The van der Waals surface area contributed by atoms with Gasteiger partial charge >= 0.3 is 6.03 Å². The SMILES string of the molecule is Cc1cc(Br)cc(NC(=O)Nc2cccc(N)c2)c1. The summed E-state index contributed by atoms with van der Waals surface area (Å²) in [5.41, 5.74) is 8.71. The standard InChI is InChI=1S/C14H14BrN3O/c1-9-5-10(15)7-13(6-9)18-14(19)17-12-4-2-3-11(16)8-12/h2-8H,16H2,1H3,(H2,17,18,19). The van der Waals surface area contributed by atoms with E-state index in [-0.39, 0.29) is 6.03 Å². The van der Waals surface area contributed by atoms with Gasteiger partial charge in [0.1, 0.15) is 0 Å². The van der Waals surface area contributed by atoms with E-state index in [1.807, 2.05) is 25.1 Å². The van der Waals surface area contributed by atoms with Gasteiger partial charge in [-0.25, -0.2) is 4.79 Å². The molecule has 19 heavy (non-hydrogen) atoms. The number of carbonyl (C=O) groups excluding carboxylic acids is 1. The quantitative estimate of drug-likeness (QED) is 0.733. The maximum atomic E-state index is 11.8. The molecule has 0 atom stereocenters. The van der Waals surface area contributed by atoms with Crippen molar-refractivity contribution in [1.29, 1.82) is 0 Å². The second-order valence-electron chi connectivity index (χ2n) is 4.22. The summed E-state index contributed by atoms with van der Waals surface area (Å²) >= 11 is 3.39. The Bertz CT molecular complexity index is 593. The number of hydrogen-bond donors (Lipinski definition) is 3. The number of halogens is 1. The van der Waals surface area contributed by atoms with Crippen LogP contribution in [0.1, 0.15) is 5.56 Å². The van der Waals surface area contributed by atoms with Crippen LogP contribution in [0.5, 0.6) is 0 Å². The summed E-state index contributed by atoms with van der Waals surface area (Å²) in [5.74, 6) is 0. The lowest BCUT2D eigenvalue weighted by Crippen LogP contribution is -2.19. The van der Waals surface area contributed by atoms with Crippen molar-refractivity contribution in [2.75, 3.05) is 16.4 Å². The van der Waals surface area contributed by atoms with Crippen LogP contribution in [-0.4, -0.2) is 6.03 Å². The summed E-state index contributed by atoms with van der Waals surface area (Å²) in [4.78, 5) is 11.8. The third-order valence-electron chi connectivity index (χ3n) is 2.44. The predicted octanol–water partition coefficient (Wildman–Crippen LogP) is 3.98. The average molecular weight is 320 g/mol. The lowest BCUT2D eigenvalue weighted by atomic mass is 10.2. The second kappa shape index (κ2) is 5.75. The van der Waals surface area contributed by atoms with Crippen molar-refractivity contribution >= 4 is 39.0 Å². The molecule has 4 nitrogen and oxygen atoms in total. The molecule has 0 saturated carbocycles. The predicted molar refractivity (Wildman–Crippen MR) is 82.4 cm³/mol. The number of nitrogens with one attached hydrogen (secondary N) is 2. The van der Waals surface area contributed by atoms with Crippen molar-refractivity contribution in [2.24, 2.45) is 0 Å². The van der Waals surface area contributed by atoms with Crippen molar-refractivity contribution in [2.45, 2.75) is 6.92 Å². The molecule has 0 bridgehead atoms. The molecule has 0 heterocycles. The van der Waals surface area contributed by atoms with Gasteiger partial charge in [0.2, 0.25) is 0 Å². The minimum absolute atomic E-state index is 0.303. The van der Waals surface area contributed by atoms with Gasteiger partial charge in [0.25, 0.3) is 0 Å². The molecule has 2 amide bonds. The van der Waals surface area contributed by atoms with Crippen molar-refractivity contribution in [3.8, 4) is 0 Å². The number of rotatable bonds is 2. The van der Waals surface area contributed by atoms with Gasteiger partial charge in [0.15, 0.2) is 0 Å². The molecule has 0 fully saturated rings. The van der Waals surface area contributed by atoms with Gasteiger partial charge in [0.05, 0.1) is 0 Å². The van der Waals surface area contributed by atoms with E-state index in [1.165, 1.54) is 0 Å². The molecule has 0 aliphatic carbocycles. The van der Waals surface area contributed by atoms with Crippen LogP contribution >= 0.6 is 15.9 Å². The van der Waals surface area contributed by atoms with Crippen LogP contribution in [0.2, 0.25) is 0 Å². The highest BCUT2D eigenvalue weighted by Crippen LogP contribution is 2.19. The first kappa shape index (κ1) is 13.4. The fourth-order valence-electron chi connectivity index (χ4n) is 1.72. The number of carbonyl (C=O) groups is 1. The summed E-state index contributed by atoms with van der Waals surface area (Å²) in [5, 5.41) is 5.50. The van der Waals surface area contributed by atoms with Gasteiger partial charge in [-0.1, -0.05) is 22.0 Å². The molecule has 2 rings (SSSR count). The van der Waals surface area contributed by atoms with Crippen LogP contribution in [0.15, 0.2) is 46.9 Å². The summed E-state index contributed by atoms with van der Waals surface area (Å²) in [7, 11) is 0. The molecule has 2 aromatic rings. The molecule has 0 unspecified atom stereocenters. The van der Waals surface area contributed by atoms with Crippen LogP contribution in [0.25, 0.3) is 0 Å². The number of benzene rings is 2. The third-order valence-corrected chi connectivity index (χ3v) is 2.90.